The molecule has 0 aromatic heterocycles. The maximum atomic E-state index is 12.7. The second-order valence-electron chi connectivity index (χ2n) is 5.60. The Balaban J connectivity index is 1.64. The van der Waals surface area contributed by atoms with Crippen LogP contribution in [-0.4, -0.2) is 0 Å². The standard InChI is InChI=1S/C20H16F3NO2/c21-20(22,23)15-6-11-19(18(24)12-15)26-17-9-7-16(8-10-17)25-13-14-4-2-1-3-5-14/h1-12H,13,24H2. The average Bonchev–Trinajstić information content (AvgIpc) is 2.63. The van der Waals surface area contributed by atoms with E-state index in [2.05, 4.69) is 0 Å². The van der Waals surface area contributed by atoms with Gasteiger partial charge in [-0.15, -0.1) is 0 Å². The molecule has 3 rings (SSSR count). The largest absolute Gasteiger partial charge is 0.489 e. The Bertz CT molecular complexity index is 862. The van der Waals surface area contributed by atoms with Crippen molar-refractivity contribution in [1.29, 1.82) is 0 Å². The first kappa shape index (κ1) is 17.7. The number of halogens is 3. The summed E-state index contributed by atoms with van der Waals surface area (Å²) in [5, 5.41) is 0. The summed E-state index contributed by atoms with van der Waals surface area (Å²) in [6, 6.07) is 19.5. The summed E-state index contributed by atoms with van der Waals surface area (Å²) >= 11 is 0. The van der Waals surface area contributed by atoms with Gasteiger partial charge < -0.3 is 15.2 Å². The maximum Gasteiger partial charge on any atom is 0.416 e. The zero-order valence-electron chi connectivity index (χ0n) is 13.7. The normalized spacial score (nSPS) is 11.2. The Kier molecular flexibility index (Phi) is 5.02. The zero-order chi connectivity index (χ0) is 18.6. The van der Waals surface area contributed by atoms with Gasteiger partial charge in [0, 0.05) is 0 Å². The van der Waals surface area contributed by atoms with E-state index >= 15 is 0 Å². The summed E-state index contributed by atoms with van der Waals surface area (Å²) in [5.41, 5.74) is 5.81. The number of benzene rings is 3. The molecule has 3 aromatic rings. The SMILES string of the molecule is Nc1cc(C(F)(F)F)ccc1Oc1ccc(OCc2ccccc2)cc1. The highest BCUT2D eigenvalue weighted by Crippen LogP contribution is 2.35. The van der Waals surface area contributed by atoms with Crippen LogP contribution in [0.5, 0.6) is 17.2 Å². The molecule has 0 atom stereocenters. The summed E-state index contributed by atoms with van der Waals surface area (Å²) in [6.07, 6.45) is -4.44. The minimum absolute atomic E-state index is 0.0794. The van der Waals surface area contributed by atoms with E-state index in [0.29, 0.717) is 18.1 Å². The smallest absolute Gasteiger partial charge is 0.416 e. The van der Waals surface area contributed by atoms with Crippen molar-refractivity contribution >= 4 is 5.69 Å². The van der Waals surface area contributed by atoms with Crippen molar-refractivity contribution < 1.29 is 22.6 Å². The molecule has 0 radical (unpaired) electrons. The Morgan fingerprint density at radius 1 is 0.808 bits per heavy atom. The van der Waals surface area contributed by atoms with E-state index in [0.717, 1.165) is 17.7 Å². The maximum absolute atomic E-state index is 12.7. The highest BCUT2D eigenvalue weighted by atomic mass is 19.4. The number of anilines is 1. The first-order valence-corrected chi connectivity index (χ1v) is 7.83. The minimum atomic E-state index is -4.44. The second-order valence-corrected chi connectivity index (χ2v) is 5.60. The summed E-state index contributed by atoms with van der Waals surface area (Å²) in [6.45, 7) is 0.437. The van der Waals surface area contributed by atoms with Gasteiger partial charge in [0.25, 0.3) is 0 Å². The van der Waals surface area contributed by atoms with Crippen molar-refractivity contribution in [2.75, 3.05) is 5.73 Å². The predicted molar refractivity (Wildman–Crippen MR) is 93.1 cm³/mol. The molecule has 3 aromatic carbocycles. The third-order valence-corrected chi connectivity index (χ3v) is 3.64. The lowest BCUT2D eigenvalue weighted by molar-refractivity contribution is -0.137. The Labute approximate surface area is 148 Å². The third kappa shape index (κ3) is 4.47. The molecule has 0 saturated carbocycles. The molecule has 2 N–H and O–H groups in total. The lowest BCUT2D eigenvalue weighted by Crippen LogP contribution is -2.05. The van der Waals surface area contributed by atoms with Crippen molar-refractivity contribution in [3.8, 4) is 17.2 Å². The molecule has 0 spiro atoms. The highest BCUT2D eigenvalue weighted by Gasteiger charge is 2.30. The third-order valence-electron chi connectivity index (χ3n) is 3.64. The predicted octanol–water partition coefficient (Wildman–Crippen LogP) is 5.66. The Morgan fingerprint density at radius 2 is 1.46 bits per heavy atom. The van der Waals surface area contributed by atoms with Crippen molar-refractivity contribution in [3.63, 3.8) is 0 Å². The molecule has 0 saturated heterocycles. The molecule has 0 fully saturated rings. The lowest BCUT2D eigenvalue weighted by atomic mass is 10.2. The number of ether oxygens (including phenoxy) is 2. The number of nitrogens with two attached hydrogens (primary N) is 1. The molecule has 26 heavy (non-hydrogen) atoms. The average molecular weight is 359 g/mol. The number of hydrogen-bond acceptors (Lipinski definition) is 3. The molecular weight excluding hydrogens is 343 g/mol. The van der Waals surface area contributed by atoms with Crippen LogP contribution < -0.4 is 15.2 Å². The first-order chi connectivity index (χ1) is 12.4. The number of nitrogen functional groups attached to an aromatic ring is 1. The van der Waals surface area contributed by atoms with Gasteiger partial charge in [-0.2, -0.15) is 13.2 Å². The summed E-state index contributed by atoms with van der Waals surface area (Å²) in [7, 11) is 0. The highest BCUT2D eigenvalue weighted by molar-refractivity contribution is 5.56. The summed E-state index contributed by atoms with van der Waals surface area (Å²) in [4.78, 5) is 0. The molecule has 3 nitrogen and oxygen atoms in total. The van der Waals surface area contributed by atoms with Crippen LogP contribution in [0.2, 0.25) is 0 Å². The van der Waals surface area contributed by atoms with Crippen LogP contribution in [-0.2, 0) is 12.8 Å². The van der Waals surface area contributed by atoms with Crippen LogP contribution in [0.15, 0.2) is 72.8 Å². The molecular formula is C20H16F3NO2. The summed E-state index contributed by atoms with van der Waals surface area (Å²) < 4.78 is 49.2. The van der Waals surface area contributed by atoms with E-state index in [9.17, 15) is 13.2 Å². The van der Waals surface area contributed by atoms with Gasteiger partial charge in [0.2, 0.25) is 0 Å². The van der Waals surface area contributed by atoms with Crippen LogP contribution in [0.25, 0.3) is 0 Å². The van der Waals surface area contributed by atoms with E-state index in [-0.39, 0.29) is 11.4 Å². The van der Waals surface area contributed by atoms with Crippen LogP contribution in [0.4, 0.5) is 18.9 Å². The molecule has 0 amide bonds. The molecule has 0 aliphatic rings. The van der Waals surface area contributed by atoms with E-state index in [1.54, 1.807) is 24.3 Å². The van der Waals surface area contributed by atoms with Crippen molar-refractivity contribution in [3.05, 3.63) is 83.9 Å². The van der Waals surface area contributed by atoms with Crippen LogP contribution in [0, 0.1) is 0 Å². The number of rotatable bonds is 5. The van der Waals surface area contributed by atoms with Crippen molar-refractivity contribution in [2.45, 2.75) is 12.8 Å². The number of hydrogen-bond donors (Lipinski definition) is 1. The van der Waals surface area contributed by atoms with Gasteiger partial charge in [0.05, 0.1) is 11.3 Å². The fraction of sp³-hybridized carbons (Fsp3) is 0.100. The van der Waals surface area contributed by atoms with Gasteiger partial charge in [0.1, 0.15) is 23.9 Å². The molecule has 0 bridgehead atoms. The summed E-state index contributed by atoms with van der Waals surface area (Å²) in [5.74, 6) is 1.26. The van der Waals surface area contributed by atoms with Gasteiger partial charge in [-0.25, -0.2) is 0 Å². The van der Waals surface area contributed by atoms with Crippen LogP contribution >= 0.6 is 0 Å². The molecule has 0 aliphatic heterocycles. The number of alkyl halides is 3. The van der Waals surface area contributed by atoms with Gasteiger partial charge in [0.15, 0.2) is 0 Å². The second kappa shape index (κ2) is 7.39. The quantitative estimate of drug-likeness (QED) is 0.598. The first-order valence-electron chi connectivity index (χ1n) is 7.83. The monoisotopic (exact) mass is 359 g/mol. The van der Waals surface area contributed by atoms with Gasteiger partial charge in [-0.1, -0.05) is 30.3 Å². The van der Waals surface area contributed by atoms with Gasteiger partial charge >= 0.3 is 6.18 Å². The van der Waals surface area contributed by atoms with Crippen molar-refractivity contribution in [1.82, 2.24) is 0 Å². The fourth-order valence-electron chi connectivity index (χ4n) is 2.29. The molecule has 134 valence electrons. The van der Waals surface area contributed by atoms with E-state index in [1.807, 2.05) is 30.3 Å². The van der Waals surface area contributed by atoms with Gasteiger partial charge in [-0.05, 0) is 48.0 Å². The Hall–Kier alpha value is -3.15. The van der Waals surface area contributed by atoms with Crippen LogP contribution in [0.1, 0.15) is 11.1 Å². The van der Waals surface area contributed by atoms with E-state index in [1.165, 1.54) is 6.07 Å². The lowest BCUT2D eigenvalue weighted by Gasteiger charge is -2.12. The Morgan fingerprint density at radius 3 is 2.08 bits per heavy atom. The fourth-order valence-corrected chi connectivity index (χ4v) is 2.29. The molecule has 0 aliphatic carbocycles. The van der Waals surface area contributed by atoms with Crippen molar-refractivity contribution in [2.24, 2.45) is 0 Å². The molecule has 0 unspecified atom stereocenters. The van der Waals surface area contributed by atoms with Gasteiger partial charge in [-0.3, -0.25) is 0 Å². The zero-order valence-corrected chi connectivity index (χ0v) is 13.7. The topological polar surface area (TPSA) is 44.5 Å². The van der Waals surface area contributed by atoms with E-state index in [4.69, 9.17) is 15.2 Å². The molecule has 0 heterocycles. The minimum Gasteiger partial charge on any atom is -0.489 e. The van der Waals surface area contributed by atoms with E-state index < -0.39 is 11.7 Å². The van der Waals surface area contributed by atoms with Crippen LogP contribution in [0.3, 0.4) is 0 Å². The molecule has 6 heteroatoms.